The van der Waals surface area contributed by atoms with Gasteiger partial charge in [0.2, 0.25) is 23.1 Å². The number of hydrogen-bond acceptors (Lipinski definition) is 36. The Bertz CT molecular complexity index is 7020. The summed E-state index contributed by atoms with van der Waals surface area (Å²) >= 11 is 5.55. The van der Waals surface area contributed by atoms with Crippen LogP contribution in [0.15, 0.2) is 92.9 Å². The number of carboxylic acid groups (broad SMARTS) is 2. The van der Waals surface area contributed by atoms with Gasteiger partial charge in [-0.3, -0.25) is 4.79 Å². The number of nitrogens with zero attached hydrogens (tertiary/aromatic N) is 19. The van der Waals surface area contributed by atoms with Crippen molar-refractivity contribution in [3.8, 4) is 0 Å². The molecule has 0 spiro atoms. The van der Waals surface area contributed by atoms with Crippen molar-refractivity contribution in [3.63, 3.8) is 0 Å². The zero-order chi connectivity index (χ0) is 102. The molecule has 738 valence electrons. The number of aryl methyl sites for hydroxylation is 6. The number of fused-ring (bicyclic) bond motifs is 12. The number of sulfone groups is 4. The van der Waals surface area contributed by atoms with Crippen molar-refractivity contribution < 1.29 is 102 Å². The van der Waals surface area contributed by atoms with E-state index in [2.05, 4.69) is 96.2 Å². The van der Waals surface area contributed by atoms with E-state index in [4.69, 9.17) is 60.2 Å². The smallest absolute Gasteiger partial charge is 0.373 e. The van der Waals surface area contributed by atoms with Crippen molar-refractivity contribution in [3.05, 3.63) is 169 Å². The molecule has 5 N–H and O–H groups in total. The summed E-state index contributed by atoms with van der Waals surface area (Å²) in [5, 5.41) is 41.7. The Morgan fingerprint density at radius 2 is 0.761 bits per heavy atom. The molecule has 0 fully saturated rings. The number of carbonyl (C=O) groups is 4. The van der Waals surface area contributed by atoms with Crippen LogP contribution in [0.2, 0.25) is 5.28 Å². The molecule has 4 atom stereocenters. The van der Waals surface area contributed by atoms with Gasteiger partial charge in [-0.05, 0) is 147 Å². The Labute approximate surface area is 801 Å². The molecule has 0 saturated carbocycles. The van der Waals surface area contributed by atoms with E-state index >= 15 is 0 Å². The number of esters is 2. The van der Waals surface area contributed by atoms with Crippen molar-refractivity contribution >= 4 is 149 Å². The number of imidazole rings is 4. The van der Waals surface area contributed by atoms with Crippen LogP contribution in [0.25, 0.3) is 44.1 Å². The predicted molar refractivity (Wildman–Crippen MR) is 505 cm³/mol. The third-order valence-electron chi connectivity index (χ3n) is 23.6. The Morgan fingerprint density at radius 3 is 1.08 bits per heavy atom. The number of hydrogen-bond donors (Lipinski definition) is 5. The number of benzene rings is 4. The maximum Gasteiger partial charge on any atom is 0.373 e. The van der Waals surface area contributed by atoms with E-state index in [-0.39, 0.29) is 97.1 Å². The second-order valence-corrected chi connectivity index (χ2v) is 42.8. The monoisotopic (exact) mass is 2000 g/mol. The van der Waals surface area contributed by atoms with Gasteiger partial charge in [-0.1, -0.05) is 69.2 Å². The summed E-state index contributed by atoms with van der Waals surface area (Å²) in [6.07, 6.45) is 13.2. The molecule has 12 aromatic rings. The van der Waals surface area contributed by atoms with Crippen molar-refractivity contribution in [1.29, 1.82) is 0 Å². The molecule has 138 heavy (non-hydrogen) atoms. The average molecular weight is 2000 g/mol. The van der Waals surface area contributed by atoms with Crippen molar-refractivity contribution in [1.82, 2.24) is 83.4 Å². The minimum absolute atomic E-state index is 0.0239. The molecule has 4 aliphatic heterocycles. The second kappa shape index (κ2) is 44.3. The van der Waals surface area contributed by atoms with E-state index in [1.165, 1.54) is 38.6 Å². The average Bonchev–Trinajstić information content (AvgIpc) is 1.61. The summed E-state index contributed by atoms with van der Waals surface area (Å²) in [5.41, 5.74) is 11.6. The third kappa shape index (κ3) is 23.6. The van der Waals surface area contributed by atoms with Crippen LogP contribution in [0, 0.1) is 51.4 Å². The van der Waals surface area contributed by atoms with Gasteiger partial charge in [0, 0.05) is 126 Å². The van der Waals surface area contributed by atoms with Crippen LogP contribution in [0.1, 0.15) is 205 Å². The van der Waals surface area contributed by atoms with E-state index in [1.807, 2.05) is 71.2 Å². The molecule has 0 aliphatic carbocycles. The van der Waals surface area contributed by atoms with Gasteiger partial charge in [0.15, 0.2) is 39.3 Å². The summed E-state index contributed by atoms with van der Waals surface area (Å²) < 4.78 is 116. The van der Waals surface area contributed by atoms with Crippen LogP contribution in [0.4, 0.5) is 17.8 Å². The minimum atomic E-state index is -3.57. The quantitative estimate of drug-likeness (QED) is 0.0350. The van der Waals surface area contributed by atoms with Crippen LogP contribution in [0.3, 0.4) is 0 Å². The lowest BCUT2D eigenvalue weighted by Gasteiger charge is -2.38. The van der Waals surface area contributed by atoms with E-state index in [9.17, 15) is 73.3 Å². The Morgan fingerprint density at radius 1 is 0.435 bits per heavy atom. The molecule has 4 aliphatic rings. The standard InChI is InChI=1S/C24H31N5O4S.2C21H25N5O5S.C16H21N3O4S.C7H9ClN2.2CO2/c1-7-17-12-25-24(26-15(17)4)29-9-8-28-20-11-21(34(6,31)32)18(13-33-16(5)30)10-19(20)27-23(28)22(29)14(2)3;2*1-11(2)18-19-24-15-7-13(10-27)17(32(4,30)31)8-16(15)25(19)5-6-26(18)21-22-9-14(20(28)29)12(3)23-21;1-9(2)14-15-18-11-7-10(16(20)23-3)13(24(4,21)22)8-12(11)19(15)6-5-17-14;1-3-6-4-9-7(8)10-5(6)2;2*2-1-3/h10-12,14,22H,7-9,13H2,1-6H3;2*7-9,11,18,27H,5-6,10H2,1-4H3,(H,28,29);7-9,14,17H,5-6H2,1-4H3;4H,3H2,1-2H3;;/t22-;2*18-;14-;;;/m1101.../s1. The van der Waals surface area contributed by atoms with Gasteiger partial charge in [-0.25, -0.2) is 108 Å². The minimum Gasteiger partial charge on any atom is -0.478 e. The van der Waals surface area contributed by atoms with Gasteiger partial charge in [0.25, 0.3) is 0 Å². The predicted octanol–water partition coefficient (Wildman–Crippen LogP) is 9.63. The number of aliphatic hydroxyl groups is 2. The zero-order valence-electron chi connectivity index (χ0n) is 79.9. The Kier molecular flexibility index (Phi) is 34.4. The third-order valence-corrected chi connectivity index (χ3v) is 28.5. The van der Waals surface area contributed by atoms with E-state index in [1.54, 1.807) is 56.4 Å². The first-order valence-corrected chi connectivity index (χ1v) is 51.6. The van der Waals surface area contributed by atoms with E-state index in [0.717, 1.165) is 101 Å². The molecule has 0 bridgehead atoms. The fourth-order valence-electron chi connectivity index (χ4n) is 17.3. The lowest BCUT2D eigenvalue weighted by molar-refractivity contribution is -0.193. The first-order valence-electron chi connectivity index (χ1n) is 43.7. The van der Waals surface area contributed by atoms with Crippen LogP contribution in [-0.2, 0) is 132 Å². The summed E-state index contributed by atoms with van der Waals surface area (Å²) in [6, 6.07) is 12.5. The van der Waals surface area contributed by atoms with Crippen LogP contribution < -0.4 is 20.0 Å². The number of aromatic carboxylic acids is 2. The topological polar surface area (TPSA) is 569 Å². The molecule has 47 heteroatoms. The van der Waals surface area contributed by atoms with Crippen LogP contribution in [-0.4, -0.2) is 227 Å². The van der Waals surface area contributed by atoms with Gasteiger partial charge in [0.05, 0.1) is 136 Å². The molecule has 42 nitrogen and oxygen atoms in total. The van der Waals surface area contributed by atoms with Crippen molar-refractivity contribution in [2.24, 2.45) is 23.7 Å². The number of methoxy groups -OCH3 is 1. The Balaban J connectivity index is 0.000000181. The van der Waals surface area contributed by atoms with Crippen LogP contribution >= 0.6 is 11.6 Å². The molecular formula is C91H111ClN20O22S4. The molecule has 0 saturated heterocycles. The van der Waals surface area contributed by atoms with Gasteiger partial charge in [0.1, 0.15) is 29.9 Å². The highest BCUT2D eigenvalue weighted by atomic mass is 35.5. The number of ether oxygens (including phenoxy) is 2. The number of anilines is 3. The molecule has 12 heterocycles. The molecule has 0 amide bonds. The number of aliphatic hydroxyl groups excluding tert-OH is 2. The van der Waals surface area contributed by atoms with Gasteiger partial charge < -0.3 is 68.2 Å². The Hall–Kier alpha value is -12.9. The number of rotatable bonds is 20. The largest absolute Gasteiger partial charge is 0.478 e. The number of halogens is 1. The summed E-state index contributed by atoms with van der Waals surface area (Å²) in [5.74, 6) is 2.23. The molecule has 8 aromatic heterocycles. The molecule has 0 unspecified atom stereocenters. The number of carboxylic acids is 2. The van der Waals surface area contributed by atoms with E-state index in [0.29, 0.717) is 136 Å². The highest BCUT2D eigenvalue weighted by molar-refractivity contribution is 7.91. The summed E-state index contributed by atoms with van der Waals surface area (Å²) in [6.45, 7) is 33.4. The highest BCUT2D eigenvalue weighted by Crippen LogP contribution is 2.43. The van der Waals surface area contributed by atoms with Gasteiger partial charge >= 0.3 is 36.2 Å². The van der Waals surface area contributed by atoms with Crippen molar-refractivity contribution in [2.45, 2.75) is 206 Å². The number of aromatic nitrogens is 16. The maximum atomic E-state index is 12.5. The molecule has 0 radical (unpaired) electrons. The van der Waals surface area contributed by atoms with Gasteiger partial charge in [-0.2, -0.15) is 19.2 Å². The molecule has 4 aromatic carbocycles. The van der Waals surface area contributed by atoms with E-state index < -0.39 is 76.4 Å². The SMILES string of the molecule is CCc1cnc(Cl)nc1C.CCc1cnc(N2CCn3c(nc4cc(COC(C)=O)c(S(C)(=O)=O)cc43)[C@H]2C(C)C)nc1C.COC(=O)c1cc2nc3n(c2cc1S(C)(=O)=O)CCN[C@@H]3C(C)C.Cc1nc(N2CCn3c(nc4cc(CO)c(S(C)(=O)=O)cc43)[C@@H]2C(C)C)ncc1C(=O)O.Cc1nc(N2CCn3c(nc4cc(CO)c(S(C)(=O)=O)cc43)[C@H]2C(C)C)ncc1C(=O)O.O=C=O.O=C=O. The lowest BCUT2D eigenvalue weighted by Crippen LogP contribution is -2.42. The molecular weight excluding hydrogens is 1890 g/mol. The first kappa shape index (κ1) is 107. The zero-order valence-corrected chi connectivity index (χ0v) is 83.9. The van der Waals surface area contributed by atoms with Crippen LogP contribution in [0.5, 0.6) is 0 Å². The fourth-order valence-corrected chi connectivity index (χ4v) is 21.1. The first-order chi connectivity index (χ1) is 64.9. The summed E-state index contributed by atoms with van der Waals surface area (Å²) in [7, 11) is -12.9. The molecule has 16 rings (SSSR count). The fraction of sp³-hybridized carbons (Fsp3) is 0.451. The van der Waals surface area contributed by atoms with Gasteiger partial charge in [-0.15, -0.1) is 0 Å². The summed E-state index contributed by atoms with van der Waals surface area (Å²) in [4.78, 5) is 139. The lowest BCUT2D eigenvalue weighted by atomic mass is 10.00. The van der Waals surface area contributed by atoms with Crippen molar-refractivity contribution in [2.75, 3.05) is 73.0 Å². The maximum absolute atomic E-state index is 12.5. The normalized spacial score (nSPS) is 15.6. The highest BCUT2D eigenvalue weighted by Gasteiger charge is 2.40. The second-order valence-electron chi connectivity index (χ2n) is 34.5. The number of carbonyl (C=O) groups excluding carboxylic acids is 6. The number of nitrogens with one attached hydrogen (secondary N) is 1.